The van der Waals surface area contributed by atoms with E-state index in [4.69, 9.17) is 9.47 Å². The van der Waals surface area contributed by atoms with Gasteiger partial charge in [-0.15, -0.1) is 0 Å². The summed E-state index contributed by atoms with van der Waals surface area (Å²) < 4.78 is 14.5. The van der Waals surface area contributed by atoms with E-state index >= 15 is 0 Å². The number of nitrogens with zero attached hydrogens (tertiary/aromatic N) is 2. The van der Waals surface area contributed by atoms with E-state index in [9.17, 15) is 4.79 Å². The summed E-state index contributed by atoms with van der Waals surface area (Å²) in [6.45, 7) is 5.68. The number of aromatic nitrogens is 2. The van der Waals surface area contributed by atoms with E-state index in [1.54, 1.807) is 16.2 Å². The first kappa shape index (κ1) is 14.8. The van der Waals surface area contributed by atoms with Gasteiger partial charge in [-0.2, -0.15) is 0 Å². The van der Waals surface area contributed by atoms with Gasteiger partial charge in [0.15, 0.2) is 6.29 Å². The summed E-state index contributed by atoms with van der Waals surface area (Å²) in [5.41, 5.74) is 1.89. The number of para-hydroxylation sites is 2. The Morgan fingerprint density at radius 2 is 1.70 bits per heavy atom. The maximum absolute atomic E-state index is 12.3. The Labute approximate surface area is 118 Å². The monoisotopic (exact) mass is 278 g/mol. The number of benzene rings is 1. The molecule has 0 aliphatic heterocycles. The van der Waals surface area contributed by atoms with Crippen molar-refractivity contribution < 1.29 is 9.47 Å². The van der Waals surface area contributed by atoms with Crippen molar-refractivity contribution in [2.75, 3.05) is 13.2 Å². The van der Waals surface area contributed by atoms with Crippen molar-refractivity contribution in [2.45, 2.75) is 33.1 Å². The molecule has 0 radical (unpaired) electrons. The van der Waals surface area contributed by atoms with Crippen LogP contribution >= 0.6 is 0 Å². The van der Waals surface area contributed by atoms with Crippen molar-refractivity contribution in [2.24, 2.45) is 7.05 Å². The number of aryl methyl sites for hydroxylation is 2. The molecule has 0 spiro atoms. The Morgan fingerprint density at radius 1 is 1.10 bits per heavy atom. The van der Waals surface area contributed by atoms with Gasteiger partial charge in [-0.05, 0) is 26.0 Å². The highest BCUT2D eigenvalue weighted by atomic mass is 16.7. The van der Waals surface area contributed by atoms with Crippen molar-refractivity contribution in [1.29, 1.82) is 0 Å². The van der Waals surface area contributed by atoms with Gasteiger partial charge in [0.25, 0.3) is 0 Å². The summed E-state index contributed by atoms with van der Waals surface area (Å²) in [5, 5.41) is 0. The van der Waals surface area contributed by atoms with Gasteiger partial charge in [0.05, 0.1) is 11.0 Å². The van der Waals surface area contributed by atoms with Crippen molar-refractivity contribution in [3.05, 3.63) is 34.7 Å². The van der Waals surface area contributed by atoms with Crippen LogP contribution in [0, 0.1) is 0 Å². The van der Waals surface area contributed by atoms with Gasteiger partial charge in [-0.25, -0.2) is 4.79 Å². The van der Waals surface area contributed by atoms with Crippen LogP contribution in [0.2, 0.25) is 0 Å². The Hall–Kier alpha value is -1.59. The van der Waals surface area contributed by atoms with E-state index in [2.05, 4.69) is 0 Å². The second kappa shape index (κ2) is 6.72. The lowest BCUT2D eigenvalue weighted by atomic mass is 10.3. The van der Waals surface area contributed by atoms with Crippen molar-refractivity contribution >= 4 is 11.0 Å². The lowest BCUT2D eigenvalue weighted by Gasteiger charge is -2.16. The highest BCUT2D eigenvalue weighted by Gasteiger charge is 2.13. The van der Waals surface area contributed by atoms with Gasteiger partial charge in [0.2, 0.25) is 0 Å². The van der Waals surface area contributed by atoms with Gasteiger partial charge >= 0.3 is 5.69 Å². The molecule has 0 saturated carbocycles. The first-order chi connectivity index (χ1) is 9.69. The molecule has 110 valence electrons. The predicted molar refractivity (Wildman–Crippen MR) is 78.8 cm³/mol. The minimum atomic E-state index is -0.254. The summed E-state index contributed by atoms with van der Waals surface area (Å²) >= 11 is 0. The molecule has 0 unspecified atom stereocenters. The molecule has 0 saturated heterocycles. The summed E-state index contributed by atoms with van der Waals surface area (Å²) in [7, 11) is 1.80. The summed E-state index contributed by atoms with van der Waals surface area (Å²) in [5.74, 6) is 0. The average molecular weight is 278 g/mol. The van der Waals surface area contributed by atoms with Crippen molar-refractivity contribution in [1.82, 2.24) is 9.13 Å². The molecule has 0 fully saturated rings. The molecule has 0 bridgehead atoms. The zero-order valence-corrected chi connectivity index (χ0v) is 12.3. The van der Waals surface area contributed by atoms with Crippen LogP contribution in [0.1, 0.15) is 20.3 Å². The van der Waals surface area contributed by atoms with Crippen LogP contribution in [0.4, 0.5) is 0 Å². The van der Waals surface area contributed by atoms with Gasteiger partial charge in [-0.1, -0.05) is 12.1 Å². The summed E-state index contributed by atoms with van der Waals surface area (Å²) in [4.78, 5) is 12.3. The quantitative estimate of drug-likeness (QED) is 0.729. The first-order valence-corrected chi connectivity index (χ1v) is 7.06. The largest absolute Gasteiger partial charge is 0.353 e. The average Bonchev–Trinajstić information content (AvgIpc) is 2.70. The lowest BCUT2D eigenvalue weighted by molar-refractivity contribution is -0.140. The Balaban J connectivity index is 2.21. The third-order valence-electron chi connectivity index (χ3n) is 3.35. The lowest BCUT2D eigenvalue weighted by Crippen LogP contribution is -2.26. The van der Waals surface area contributed by atoms with E-state index in [1.807, 2.05) is 38.1 Å². The fourth-order valence-corrected chi connectivity index (χ4v) is 2.40. The van der Waals surface area contributed by atoms with E-state index in [0.717, 1.165) is 11.0 Å². The SMILES string of the molecule is CCOC(CCn1c(=O)n(C)c2ccccc21)OCC. The molecule has 0 N–H and O–H groups in total. The third-order valence-corrected chi connectivity index (χ3v) is 3.35. The molecule has 0 amide bonds. The minimum Gasteiger partial charge on any atom is -0.353 e. The van der Waals surface area contributed by atoms with Gasteiger partial charge in [0.1, 0.15) is 0 Å². The number of fused-ring (bicyclic) bond motifs is 1. The molecule has 1 aromatic carbocycles. The molecule has 1 heterocycles. The second-order valence-corrected chi connectivity index (χ2v) is 4.61. The zero-order chi connectivity index (χ0) is 14.5. The van der Waals surface area contributed by atoms with Crippen LogP contribution in [0.5, 0.6) is 0 Å². The standard InChI is InChI=1S/C15H22N2O3/c1-4-19-14(20-5-2)10-11-17-13-9-7-6-8-12(13)16(3)15(17)18/h6-9,14H,4-5,10-11H2,1-3H3. The predicted octanol–water partition coefficient (Wildman–Crippen LogP) is 2.13. The number of hydrogen-bond donors (Lipinski definition) is 0. The first-order valence-electron chi connectivity index (χ1n) is 7.06. The molecule has 5 nitrogen and oxygen atoms in total. The van der Waals surface area contributed by atoms with E-state index in [-0.39, 0.29) is 12.0 Å². The Bertz CT molecular complexity index is 609. The third kappa shape index (κ3) is 2.94. The minimum absolute atomic E-state index is 0.00190. The Morgan fingerprint density at radius 3 is 2.30 bits per heavy atom. The molecule has 5 heteroatoms. The molecule has 0 atom stereocenters. The highest BCUT2D eigenvalue weighted by molar-refractivity contribution is 5.75. The molecule has 1 aromatic heterocycles. The summed E-state index contributed by atoms with van der Waals surface area (Å²) in [6, 6.07) is 7.80. The molecular formula is C15H22N2O3. The van der Waals surface area contributed by atoms with E-state index in [0.29, 0.717) is 26.2 Å². The van der Waals surface area contributed by atoms with Crippen LogP contribution in [0.25, 0.3) is 11.0 Å². The number of rotatable bonds is 7. The molecule has 0 aliphatic rings. The normalized spacial score (nSPS) is 11.6. The summed E-state index contributed by atoms with van der Waals surface area (Å²) in [6.07, 6.45) is 0.408. The number of ether oxygens (including phenoxy) is 2. The van der Waals surface area contributed by atoms with E-state index < -0.39 is 0 Å². The molecule has 2 aromatic rings. The topological polar surface area (TPSA) is 45.4 Å². The molecule has 2 rings (SSSR count). The van der Waals surface area contributed by atoms with Crippen molar-refractivity contribution in [3.8, 4) is 0 Å². The van der Waals surface area contributed by atoms with Gasteiger partial charge < -0.3 is 9.47 Å². The maximum Gasteiger partial charge on any atom is 0.328 e. The molecule has 0 aliphatic carbocycles. The van der Waals surface area contributed by atoms with Gasteiger partial charge in [0, 0.05) is 33.2 Å². The van der Waals surface area contributed by atoms with Crippen LogP contribution in [-0.2, 0) is 23.1 Å². The molecule has 20 heavy (non-hydrogen) atoms. The van der Waals surface area contributed by atoms with Crippen LogP contribution in [0.3, 0.4) is 0 Å². The van der Waals surface area contributed by atoms with E-state index in [1.165, 1.54) is 0 Å². The van der Waals surface area contributed by atoms with Crippen LogP contribution in [0.15, 0.2) is 29.1 Å². The number of imidazole rings is 1. The highest BCUT2D eigenvalue weighted by Crippen LogP contribution is 2.13. The fourth-order valence-electron chi connectivity index (χ4n) is 2.40. The van der Waals surface area contributed by atoms with Gasteiger partial charge in [-0.3, -0.25) is 9.13 Å². The van der Waals surface area contributed by atoms with Crippen molar-refractivity contribution in [3.63, 3.8) is 0 Å². The van der Waals surface area contributed by atoms with Crippen LogP contribution < -0.4 is 5.69 Å². The number of hydrogen-bond acceptors (Lipinski definition) is 3. The second-order valence-electron chi connectivity index (χ2n) is 4.61. The molecular weight excluding hydrogens is 256 g/mol. The zero-order valence-electron chi connectivity index (χ0n) is 12.3. The maximum atomic E-state index is 12.3. The fraction of sp³-hybridized carbons (Fsp3) is 0.533. The van der Waals surface area contributed by atoms with Crippen LogP contribution in [-0.4, -0.2) is 28.6 Å². The smallest absolute Gasteiger partial charge is 0.328 e. The Kier molecular flexibility index (Phi) is 4.98.